The van der Waals surface area contributed by atoms with Gasteiger partial charge < -0.3 is 0 Å². The van der Waals surface area contributed by atoms with Crippen molar-refractivity contribution >= 4 is 46.7 Å². The monoisotopic (exact) mass is 395 g/mol. The normalized spacial score (nSPS) is 10.6. The average molecular weight is 396 g/mol. The molecular formula is C15H12B2BrN5O2. The molecule has 2 aromatic heterocycles. The zero-order chi connectivity index (χ0) is 18.0. The fourth-order valence-electron chi connectivity index (χ4n) is 2.51. The summed E-state index contributed by atoms with van der Waals surface area (Å²) in [4.78, 5) is 17.1. The fraction of sp³-hybridized carbons (Fsp3) is 0.133. The molecule has 0 radical (unpaired) electrons. The number of hydrogen-bond acceptors (Lipinski definition) is 6. The number of aliphatic hydroxyl groups excluding tert-OH is 1. The van der Waals surface area contributed by atoms with Gasteiger partial charge in [0.15, 0.2) is 0 Å². The molecule has 0 aliphatic carbocycles. The van der Waals surface area contributed by atoms with Crippen LogP contribution in [-0.4, -0.2) is 43.7 Å². The second-order valence-electron chi connectivity index (χ2n) is 5.34. The van der Waals surface area contributed by atoms with Crippen molar-refractivity contribution in [2.45, 2.75) is 13.7 Å². The van der Waals surface area contributed by atoms with Crippen molar-refractivity contribution < 1.29 is 10.1 Å². The third kappa shape index (κ3) is 3.48. The molecular weight excluding hydrogens is 384 g/mol. The van der Waals surface area contributed by atoms with E-state index in [9.17, 15) is 5.02 Å². The van der Waals surface area contributed by atoms with Crippen LogP contribution in [0.2, 0.25) is 6.82 Å². The number of nitrogens with zero attached hydrogens (tertiary/aromatic N) is 5. The van der Waals surface area contributed by atoms with Crippen LogP contribution >= 0.6 is 15.9 Å². The molecule has 0 amide bonds. The van der Waals surface area contributed by atoms with E-state index in [-0.39, 0.29) is 0 Å². The van der Waals surface area contributed by atoms with Gasteiger partial charge in [-0.2, -0.15) is 0 Å². The molecule has 0 bridgehead atoms. The molecule has 122 valence electrons. The molecule has 0 spiro atoms. The Morgan fingerprint density at radius 3 is 2.88 bits per heavy atom. The van der Waals surface area contributed by atoms with Crippen LogP contribution in [0.15, 0.2) is 33.9 Å². The van der Waals surface area contributed by atoms with Crippen molar-refractivity contribution in [3.05, 3.63) is 34.6 Å². The van der Waals surface area contributed by atoms with Crippen LogP contribution in [0.1, 0.15) is 5.56 Å². The first-order valence-corrected chi connectivity index (χ1v) is 8.17. The van der Waals surface area contributed by atoms with Gasteiger partial charge in [-0.3, -0.25) is 0 Å². The third-order valence-electron chi connectivity index (χ3n) is 3.50. The van der Waals surface area contributed by atoms with Gasteiger partial charge in [-0.1, -0.05) is 0 Å². The van der Waals surface area contributed by atoms with Crippen molar-refractivity contribution in [3.8, 4) is 23.7 Å². The number of aliphatic hydroxyl groups is 1. The molecule has 25 heavy (non-hydrogen) atoms. The minimum absolute atomic E-state index is 0.417. The second-order valence-corrected chi connectivity index (χ2v) is 6.15. The molecule has 0 fully saturated rings. The Morgan fingerprint density at radius 2 is 2.16 bits per heavy atom. The molecule has 2 N–H and O–H groups in total. The van der Waals surface area contributed by atoms with Crippen LogP contribution < -0.4 is 5.59 Å². The van der Waals surface area contributed by atoms with E-state index in [4.69, 9.17) is 5.11 Å². The van der Waals surface area contributed by atoms with E-state index in [1.807, 2.05) is 25.1 Å². The number of aromatic nitrogens is 4. The van der Waals surface area contributed by atoms with Crippen LogP contribution in [0.4, 0.5) is 0 Å². The predicted molar refractivity (Wildman–Crippen MR) is 100.0 cm³/mol. The first-order chi connectivity index (χ1) is 12.0. The first-order valence-electron chi connectivity index (χ1n) is 7.38. The van der Waals surface area contributed by atoms with Gasteiger partial charge in [-0.05, 0) is 0 Å². The van der Waals surface area contributed by atoms with Crippen molar-refractivity contribution in [2.75, 3.05) is 0 Å². The Morgan fingerprint density at radius 1 is 1.36 bits per heavy atom. The summed E-state index contributed by atoms with van der Waals surface area (Å²) in [5, 5.41) is 18.8. The summed E-state index contributed by atoms with van der Waals surface area (Å²) in [5.74, 6) is 0.461. The average Bonchev–Trinajstić information content (AvgIpc) is 2.94. The van der Waals surface area contributed by atoms with Gasteiger partial charge in [-0.15, -0.1) is 0 Å². The number of rotatable bonds is 3. The maximum absolute atomic E-state index is 10.3. The summed E-state index contributed by atoms with van der Waals surface area (Å²) in [7, 11) is 0.569. The number of hydrogen-bond donors (Lipinski definition) is 2. The topological polar surface area (TPSA) is 96.4 Å². The molecule has 0 aliphatic rings. The van der Waals surface area contributed by atoms with Crippen molar-refractivity contribution in [1.82, 2.24) is 19.4 Å². The molecule has 0 saturated carbocycles. The SMILES string of the molecule is CB(O)n1c(-c2nc(Br)cnc2/B=N/C#CO)nc2ccc(C)cc21. The van der Waals surface area contributed by atoms with Crippen LogP contribution in [0, 0.1) is 19.1 Å². The molecule has 3 aromatic rings. The second kappa shape index (κ2) is 7.17. The molecule has 7 nitrogen and oxygen atoms in total. The Labute approximate surface area is 153 Å². The van der Waals surface area contributed by atoms with Crippen molar-refractivity contribution in [3.63, 3.8) is 0 Å². The van der Waals surface area contributed by atoms with Gasteiger partial charge in [0.25, 0.3) is 0 Å². The summed E-state index contributed by atoms with van der Waals surface area (Å²) >= 11 is 3.31. The standard InChI is InChI=1S/C15H12B2BrN5O2/c1-9-3-4-10-11(7-9)23(17(2)25)15(21-10)13-14(16-20-5-6-24)19-8-12(18)22-13/h3-4,7-8,24-25H,1-2H3. The van der Waals surface area contributed by atoms with E-state index in [0.717, 1.165) is 16.6 Å². The van der Waals surface area contributed by atoms with E-state index in [1.165, 1.54) is 13.3 Å². The summed E-state index contributed by atoms with van der Waals surface area (Å²) in [6.07, 6.45) is 3.22. The summed E-state index contributed by atoms with van der Waals surface area (Å²) < 4.78 is 2.21. The van der Waals surface area contributed by atoms with Gasteiger partial charge in [0.2, 0.25) is 0 Å². The Bertz CT molecular complexity index is 1040. The molecule has 0 atom stereocenters. The Balaban J connectivity index is 2.30. The van der Waals surface area contributed by atoms with Gasteiger partial charge in [0.1, 0.15) is 0 Å². The van der Waals surface area contributed by atoms with Gasteiger partial charge in [0, 0.05) is 0 Å². The molecule has 3 rings (SSSR count). The van der Waals surface area contributed by atoms with E-state index in [0.29, 0.717) is 21.7 Å². The van der Waals surface area contributed by atoms with Gasteiger partial charge >= 0.3 is 153 Å². The maximum atomic E-state index is 10.3. The number of aryl methyl sites for hydroxylation is 1. The molecule has 0 aliphatic heterocycles. The quantitative estimate of drug-likeness (QED) is 0.515. The van der Waals surface area contributed by atoms with Gasteiger partial charge in [0.05, 0.1) is 0 Å². The summed E-state index contributed by atoms with van der Waals surface area (Å²) in [6, 6.07) is 7.98. The van der Waals surface area contributed by atoms with Crippen LogP contribution in [0.5, 0.6) is 0 Å². The first kappa shape index (κ1) is 17.3. The van der Waals surface area contributed by atoms with E-state index in [2.05, 4.69) is 41.8 Å². The number of halogens is 1. The zero-order valence-corrected chi connectivity index (χ0v) is 15.1. The van der Waals surface area contributed by atoms with E-state index < -0.39 is 7.05 Å². The van der Waals surface area contributed by atoms with Crippen molar-refractivity contribution in [2.24, 2.45) is 4.90 Å². The zero-order valence-electron chi connectivity index (χ0n) is 13.5. The Kier molecular flexibility index (Phi) is 4.97. The van der Waals surface area contributed by atoms with E-state index in [1.54, 1.807) is 17.4 Å². The minimum atomic E-state index is -0.815. The Hall–Kier alpha value is -2.50. The summed E-state index contributed by atoms with van der Waals surface area (Å²) in [5.41, 5.74) is 3.44. The van der Waals surface area contributed by atoms with Crippen LogP contribution in [-0.2, 0) is 0 Å². The molecule has 0 saturated heterocycles. The van der Waals surface area contributed by atoms with Crippen molar-refractivity contribution in [1.29, 1.82) is 0 Å². The van der Waals surface area contributed by atoms with Crippen LogP contribution in [0.25, 0.3) is 22.6 Å². The predicted octanol–water partition coefficient (Wildman–Crippen LogP) is 1.33. The van der Waals surface area contributed by atoms with Gasteiger partial charge in [-0.25, -0.2) is 0 Å². The number of benzene rings is 1. The number of fused-ring (bicyclic) bond motifs is 1. The molecule has 1 aromatic carbocycles. The van der Waals surface area contributed by atoms with Crippen LogP contribution in [0.3, 0.4) is 0 Å². The third-order valence-corrected chi connectivity index (χ3v) is 3.89. The fourth-order valence-corrected chi connectivity index (χ4v) is 2.79. The molecule has 10 heteroatoms. The molecule has 2 heterocycles. The number of imidazole rings is 1. The molecule has 0 unspecified atom stereocenters. The summed E-state index contributed by atoms with van der Waals surface area (Å²) in [6.45, 7) is 3.63. The van der Waals surface area contributed by atoms with E-state index >= 15 is 0 Å².